The molecule has 96 valence electrons. The van der Waals surface area contributed by atoms with Crippen molar-refractivity contribution < 1.29 is 4.79 Å². The molecule has 0 fully saturated rings. The third kappa shape index (κ3) is 5.28. The van der Waals surface area contributed by atoms with Crippen LogP contribution in [0.4, 0.5) is 0 Å². The van der Waals surface area contributed by atoms with E-state index in [9.17, 15) is 4.79 Å². The van der Waals surface area contributed by atoms with E-state index in [4.69, 9.17) is 5.73 Å². The zero-order valence-corrected chi connectivity index (χ0v) is 11.3. The molecular weight excluding hydrogens is 234 g/mol. The second kappa shape index (κ2) is 7.40. The number of nitrogens with zero attached hydrogens (tertiary/aromatic N) is 1. The topological polar surface area (TPSA) is 68.0 Å². The zero-order valence-electron chi connectivity index (χ0n) is 10.5. The van der Waals surface area contributed by atoms with Crippen molar-refractivity contribution in [1.82, 2.24) is 10.3 Å². The van der Waals surface area contributed by atoms with Crippen molar-refractivity contribution in [3.05, 3.63) is 16.1 Å². The average molecular weight is 255 g/mol. The van der Waals surface area contributed by atoms with Crippen LogP contribution in [0, 0.1) is 0 Å². The fourth-order valence-corrected chi connectivity index (χ4v) is 2.35. The lowest BCUT2D eigenvalue weighted by Crippen LogP contribution is -2.31. The second-order valence-corrected chi connectivity index (χ2v) is 5.30. The molecule has 1 rings (SSSR count). The summed E-state index contributed by atoms with van der Waals surface area (Å²) in [7, 11) is 0. The molecule has 4 nitrogen and oxygen atoms in total. The Kier molecular flexibility index (Phi) is 6.15. The maximum atomic E-state index is 11.6. The van der Waals surface area contributed by atoms with Crippen LogP contribution in [-0.4, -0.2) is 16.9 Å². The molecule has 0 saturated carbocycles. The standard InChI is InChI=1S/C12H21N3OS/c1-3-5-9(13)6-11(16)14-8-12-15-7-10(4-2)17-12/h7,9H,3-6,8,13H2,1-2H3,(H,14,16). The number of carbonyl (C=O) groups excluding carboxylic acids is 1. The first-order chi connectivity index (χ1) is 8.15. The summed E-state index contributed by atoms with van der Waals surface area (Å²) >= 11 is 1.65. The first-order valence-corrected chi connectivity index (χ1v) is 6.93. The van der Waals surface area contributed by atoms with Crippen molar-refractivity contribution in [2.45, 2.75) is 52.1 Å². The average Bonchev–Trinajstić information content (AvgIpc) is 2.74. The van der Waals surface area contributed by atoms with E-state index in [-0.39, 0.29) is 11.9 Å². The van der Waals surface area contributed by atoms with Crippen LogP contribution < -0.4 is 11.1 Å². The number of carbonyl (C=O) groups is 1. The molecule has 1 aromatic rings. The van der Waals surface area contributed by atoms with E-state index in [1.165, 1.54) is 4.88 Å². The highest BCUT2D eigenvalue weighted by atomic mass is 32.1. The Bertz CT molecular complexity index is 351. The molecule has 0 aromatic carbocycles. The molecule has 0 saturated heterocycles. The molecule has 1 unspecified atom stereocenters. The number of hydrogen-bond donors (Lipinski definition) is 2. The molecule has 0 spiro atoms. The molecule has 1 atom stereocenters. The van der Waals surface area contributed by atoms with Crippen molar-refractivity contribution >= 4 is 17.2 Å². The first-order valence-electron chi connectivity index (χ1n) is 6.11. The molecule has 0 aliphatic carbocycles. The number of aromatic nitrogens is 1. The second-order valence-electron chi connectivity index (χ2n) is 4.10. The Hall–Kier alpha value is -0.940. The summed E-state index contributed by atoms with van der Waals surface area (Å²) in [6.45, 7) is 4.68. The van der Waals surface area contributed by atoms with Gasteiger partial charge in [-0.05, 0) is 12.8 Å². The molecule has 0 aliphatic rings. The molecule has 0 aliphatic heterocycles. The van der Waals surface area contributed by atoms with Crippen molar-refractivity contribution in [3.63, 3.8) is 0 Å². The number of amides is 1. The van der Waals surface area contributed by atoms with Gasteiger partial charge in [-0.25, -0.2) is 4.98 Å². The minimum absolute atomic E-state index is 0.0131. The Morgan fingerprint density at radius 3 is 2.94 bits per heavy atom. The summed E-state index contributed by atoms with van der Waals surface area (Å²) in [6, 6.07) is -0.0255. The SMILES string of the molecule is CCCC(N)CC(=O)NCc1ncc(CC)s1. The molecule has 1 aromatic heterocycles. The van der Waals surface area contributed by atoms with Gasteiger partial charge in [0.05, 0.1) is 6.54 Å². The summed E-state index contributed by atoms with van der Waals surface area (Å²) in [4.78, 5) is 17.1. The summed E-state index contributed by atoms with van der Waals surface area (Å²) in [5.41, 5.74) is 5.81. The zero-order chi connectivity index (χ0) is 12.7. The summed E-state index contributed by atoms with van der Waals surface area (Å²) in [5, 5.41) is 3.81. The monoisotopic (exact) mass is 255 g/mol. The van der Waals surface area contributed by atoms with Crippen molar-refractivity contribution in [3.8, 4) is 0 Å². The van der Waals surface area contributed by atoms with E-state index in [0.29, 0.717) is 13.0 Å². The van der Waals surface area contributed by atoms with Crippen LogP contribution in [0.15, 0.2) is 6.20 Å². The quantitative estimate of drug-likeness (QED) is 0.781. The Morgan fingerprint density at radius 2 is 2.35 bits per heavy atom. The van der Waals surface area contributed by atoms with Crippen LogP contribution >= 0.6 is 11.3 Å². The van der Waals surface area contributed by atoms with Gasteiger partial charge in [0, 0.05) is 23.5 Å². The largest absolute Gasteiger partial charge is 0.350 e. The maximum absolute atomic E-state index is 11.6. The molecule has 0 bridgehead atoms. The fraction of sp³-hybridized carbons (Fsp3) is 0.667. The van der Waals surface area contributed by atoms with E-state index in [2.05, 4.69) is 24.1 Å². The van der Waals surface area contributed by atoms with Crippen molar-refractivity contribution in [2.75, 3.05) is 0 Å². The minimum atomic E-state index is -0.0255. The fourth-order valence-electron chi connectivity index (χ4n) is 1.55. The highest BCUT2D eigenvalue weighted by Gasteiger charge is 2.09. The van der Waals surface area contributed by atoms with Gasteiger partial charge >= 0.3 is 0 Å². The number of rotatable bonds is 7. The lowest BCUT2D eigenvalue weighted by molar-refractivity contribution is -0.121. The highest BCUT2D eigenvalue weighted by Crippen LogP contribution is 2.12. The van der Waals surface area contributed by atoms with Crippen LogP contribution in [0.3, 0.4) is 0 Å². The molecule has 17 heavy (non-hydrogen) atoms. The summed E-state index contributed by atoms with van der Waals surface area (Å²) < 4.78 is 0. The van der Waals surface area contributed by atoms with Gasteiger partial charge in [-0.3, -0.25) is 4.79 Å². The van der Waals surface area contributed by atoms with Gasteiger partial charge in [-0.15, -0.1) is 11.3 Å². The van der Waals surface area contributed by atoms with Crippen LogP contribution in [0.25, 0.3) is 0 Å². The lowest BCUT2D eigenvalue weighted by atomic mass is 10.1. The van der Waals surface area contributed by atoms with Crippen LogP contribution in [0.1, 0.15) is 43.0 Å². The number of aryl methyl sites for hydroxylation is 1. The number of nitrogens with one attached hydrogen (secondary N) is 1. The minimum Gasteiger partial charge on any atom is -0.350 e. The summed E-state index contributed by atoms with van der Waals surface area (Å²) in [6.07, 6.45) is 5.17. The molecule has 0 radical (unpaired) electrons. The lowest BCUT2D eigenvalue weighted by Gasteiger charge is -2.09. The normalized spacial score (nSPS) is 12.4. The Balaban J connectivity index is 2.27. The van der Waals surface area contributed by atoms with Gasteiger partial charge in [0.1, 0.15) is 5.01 Å². The molecule has 5 heteroatoms. The number of nitrogens with two attached hydrogens (primary N) is 1. The van der Waals surface area contributed by atoms with Crippen LogP contribution in [0.5, 0.6) is 0 Å². The molecule has 1 heterocycles. The third-order valence-corrected chi connectivity index (χ3v) is 3.64. The van der Waals surface area contributed by atoms with Gasteiger partial charge in [-0.2, -0.15) is 0 Å². The van der Waals surface area contributed by atoms with Crippen LogP contribution in [0.2, 0.25) is 0 Å². The maximum Gasteiger partial charge on any atom is 0.221 e. The first kappa shape index (κ1) is 14.1. The Labute approximate surface area is 107 Å². The summed E-state index contributed by atoms with van der Waals surface area (Å²) in [5.74, 6) is 0.0131. The predicted octanol–water partition coefficient (Wildman–Crippen LogP) is 1.84. The van der Waals surface area contributed by atoms with Gasteiger partial charge in [0.2, 0.25) is 5.91 Å². The van der Waals surface area contributed by atoms with E-state index >= 15 is 0 Å². The van der Waals surface area contributed by atoms with Gasteiger partial charge < -0.3 is 11.1 Å². The number of thiazole rings is 1. The molecular formula is C12H21N3OS. The van der Waals surface area contributed by atoms with Gasteiger partial charge in [-0.1, -0.05) is 20.3 Å². The van der Waals surface area contributed by atoms with E-state index in [0.717, 1.165) is 24.3 Å². The number of hydrogen-bond acceptors (Lipinski definition) is 4. The van der Waals surface area contributed by atoms with Gasteiger partial charge in [0.15, 0.2) is 0 Å². The highest BCUT2D eigenvalue weighted by molar-refractivity contribution is 7.11. The van der Waals surface area contributed by atoms with E-state index < -0.39 is 0 Å². The van der Waals surface area contributed by atoms with Crippen LogP contribution in [-0.2, 0) is 17.8 Å². The Morgan fingerprint density at radius 1 is 1.59 bits per heavy atom. The van der Waals surface area contributed by atoms with E-state index in [1.54, 1.807) is 11.3 Å². The third-order valence-electron chi connectivity index (χ3n) is 2.49. The van der Waals surface area contributed by atoms with E-state index in [1.807, 2.05) is 6.20 Å². The predicted molar refractivity (Wildman–Crippen MR) is 70.8 cm³/mol. The smallest absolute Gasteiger partial charge is 0.221 e. The van der Waals surface area contributed by atoms with Crippen molar-refractivity contribution in [2.24, 2.45) is 5.73 Å². The van der Waals surface area contributed by atoms with Gasteiger partial charge in [0.25, 0.3) is 0 Å². The molecule has 3 N–H and O–H groups in total. The molecule has 1 amide bonds. The van der Waals surface area contributed by atoms with Crippen molar-refractivity contribution in [1.29, 1.82) is 0 Å².